The lowest BCUT2D eigenvalue weighted by Gasteiger charge is -2.14. The van der Waals surface area contributed by atoms with Crippen LogP contribution in [0.5, 0.6) is 0 Å². The minimum Gasteiger partial charge on any atom is -0.382 e. The van der Waals surface area contributed by atoms with Crippen molar-refractivity contribution in [2.24, 2.45) is 5.92 Å². The zero-order valence-electron chi connectivity index (χ0n) is 14.8. The van der Waals surface area contributed by atoms with Gasteiger partial charge in [0.2, 0.25) is 0 Å². The van der Waals surface area contributed by atoms with E-state index in [4.69, 9.17) is 23.7 Å². The number of rotatable bonds is 18. The van der Waals surface area contributed by atoms with Crippen LogP contribution in [0.25, 0.3) is 0 Å². The predicted octanol–water partition coefficient (Wildman–Crippen LogP) is 2.92. The van der Waals surface area contributed by atoms with Gasteiger partial charge in [0.25, 0.3) is 0 Å². The molecular weight excluding hydrogens is 284 g/mol. The van der Waals surface area contributed by atoms with Gasteiger partial charge in [0.1, 0.15) is 0 Å². The van der Waals surface area contributed by atoms with Gasteiger partial charge in [-0.2, -0.15) is 0 Å². The zero-order valence-corrected chi connectivity index (χ0v) is 14.8. The fourth-order valence-electron chi connectivity index (χ4n) is 1.95. The molecule has 0 rings (SSSR count). The Bertz CT molecular complexity index is 201. The van der Waals surface area contributed by atoms with E-state index >= 15 is 0 Å². The van der Waals surface area contributed by atoms with Crippen molar-refractivity contribution in [3.05, 3.63) is 0 Å². The molecular formula is C17H36O5. The number of methoxy groups -OCH3 is 1. The lowest BCUT2D eigenvalue weighted by Crippen LogP contribution is -2.15. The van der Waals surface area contributed by atoms with E-state index in [2.05, 4.69) is 13.8 Å². The first-order chi connectivity index (χ1) is 10.8. The fraction of sp³-hybridized carbons (Fsp3) is 1.00. The third-order valence-corrected chi connectivity index (χ3v) is 3.44. The third kappa shape index (κ3) is 16.2. The van der Waals surface area contributed by atoms with Gasteiger partial charge in [-0.3, -0.25) is 0 Å². The Balaban J connectivity index is 3.13. The second-order valence-electron chi connectivity index (χ2n) is 5.32. The van der Waals surface area contributed by atoms with Gasteiger partial charge >= 0.3 is 0 Å². The van der Waals surface area contributed by atoms with E-state index in [1.54, 1.807) is 7.11 Å². The molecule has 0 aromatic rings. The number of hydrogen-bond acceptors (Lipinski definition) is 5. The molecule has 1 unspecified atom stereocenters. The van der Waals surface area contributed by atoms with E-state index in [0.29, 0.717) is 58.8 Å². The molecule has 0 aliphatic heterocycles. The molecule has 0 aliphatic rings. The molecule has 134 valence electrons. The Kier molecular flexibility index (Phi) is 18.7. The summed E-state index contributed by atoms with van der Waals surface area (Å²) in [5, 5.41) is 0. The van der Waals surface area contributed by atoms with Gasteiger partial charge in [0.05, 0.1) is 52.9 Å². The monoisotopic (exact) mass is 320 g/mol. The average molecular weight is 320 g/mol. The summed E-state index contributed by atoms with van der Waals surface area (Å²) in [4.78, 5) is 0. The Morgan fingerprint density at radius 1 is 0.682 bits per heavy atom. The van der Waals surface area contributed by atoms with E-state index in [-0.39, 0.29) is 0 Å². The van der Waals surface area contributed by atoms with Crippen molar-refractivity contribution in [3.8, 4) is 0 Å². The van der Waals surface area contributed by atoms with Crippen LogP contribution in [0.4, 0.5) is 0 Å². The van der Waals surface area contributed by atoms with Crippen molar-refractivity contribution in [3.63, 3.8) is 0 Å². The van der Waals surface area contributed by atoms with Crippen molar-refractivity contribution in [1.82, 2.24) is 0 Å². The largest absolute Gasteiger partial charge is 0.382 e. The quantitative estimate of drug-likeness (QED) is 0.363. The standard InChI is InChI=1S/C17H36O5/c1-4-6-7-17(5-2)16-22-15-14-21-13-12-20-11-10-19-9-8-18-3/h17H,4-16H2,1-3H3. The lowest BCUT2D eigenvalue weighted by molar-refractivity contribution is -0.0113. The van der Waals surface area contributed by atoms with E-state index in [1.807, 2.05) is 0 Å². The van der Waals surface area contributed by atoms with Gasteiger partial charge in [-0.05, 0) is 12.3 Å². The van der Waals surface area contributed by atoms with Crippen LogP contribution in [-0.4, -0.2) is 66.6 Å². The van der Waals surface area contributed by atoms with Gasteiger partial charge in [0, 0.05) is 13.7 Å². The maximum atomic E-state index is 5.67. The van der Waals surface area contributed by atoms with Crippen LogP contribution in [0.2, 0.25) is 0 Å². The molecule has 0 aliphatic carbocycles. The fourth-order valence-corrected chi connectivity index (χ4v) is 1.95. The Morgan fingerprint density at radius 2 is 1.18 bits per heavy atom. The van der Waals surface area contributed by atoms with Crippen molar-refractivity contribution in [2.75, 3.05) is 66.6 Å². The first-order valence-electron chi connectivity index (χ1n) is 8.65. The van der Waals surface area contributed by atoms with Crippen LogP contribution in [0, 0.1) is 5.92 Å². The normalized spacial score (nSPS) is 12.7. The summed E-state index contributed by atoms with van der Waals surface area (Å²) >= 11 is 0. The maximum absolute atomic E-state index is 5.67. The van der Waals surface area contributed by atoms with Gasteiger partial charge in [0.15, 0.2) is 0 Å². The highest BCUT2D eigenvalue weighted by Gasteiger charge is 2.05. The molecule has 0 amide bonds. The molecule has 22 heavy (non-hydrogen) atoms. The van der Waals surface area contributed by atoms with Crippen molar-refractivity contribution < 1.29 is 23.7 Å². The minimum atomic E-state index is 0.596. The Morgan fingerprint density at radius 3 is 1.64 bits per heavy atom. The van der Waals surface area contributed by atoms with Crippen molar-refractivity contribution >= 4 is 0 Å². The van der Waals surface area contributed by atoms with E-state index in [1.165, 1.54) is 25.7 Å². The first-order valence-corrected chi connectivity index (χ1v) is 8.65. The van der Waals surface area contributed by atoms with Gasteiger partial charge in [-0.25, -0.2) is 0 Å². The third-order valence-electron chi connectivity index (χ3n) is 3.44. The molecule has 0 heterocycles. The highest BCUT2D eigenvalue weighted by Crippen LogP contribution is 2.12. The highest BCUT2D eigenvalue weighted by atomic mass is 16.6. The lowest BCUT2D eigenvalue weighted by atomic mass is 10.0. The molecule has 0 radical (unpaired) electrons. The second-order valence-corrected chi connectivity index (χ2v) is 5.32. The van der Waals surface area contributed by atoms with Crippen LogP contribution >= 0.6 is 0 Å². The van der Waals surface area contributed by atoms with Crippen LogP contribution in [0.3, 0.4) is 0 Å². The minimum absolute atomic E-state index is 0.596. The second kappa shape index (κ2) is 18.8. The van der Waals surface area contributed by atoms with Crippen LogP contribution in [0.1, 0.15) is 39.5 Å². The summed E-state index contributed by atoms with van der Waals surface area (Å²) in [5.74, 6) is 0.696. The molecule has 5 nitrogen and oxygen atoms in total. The summed E-state index contributed by atoms with van der Waals surface area (Å²) in [6.07, 6.45) is 5.03. The van der Waals surface area contributed by atoms with Gasteiger partial charge < -0.3 is 23.7 Å². The molecule has 0 aromatic heterocycles. The molecule has 0 spiro atoms. The van der Waals surface area contributed by atoms with E-state index in [0.717, 1.165) is 6.61 Å². The summed E-state index contributed by atoms with van der Waals surface area (Å²) < 4.78 is 26.7. The van der Waals surface area contributed by atoms with Gasteiger partial charge in [-0.1, -0.05) is 33.1 Å². The Hall–Kier alpha value is -0.200. The van der Waals surface area contributed by atoms with Gasteiger partial charge in [-0.15, -0.1) is 0 Å². The molecule has 0 aromatic carbocycles. The predicted molar refractivity (Wildman–Crippen MR) is 88.5 cm³/mol. The van der Waals surface area contributed by atoms with Crippen LogP contribution in [-0.2, 0) is 23.7 Å². The van der Waals surface area contributed by atoms with Crippen LogP contribution in [0.15, 0.2) is 0 Å². The number of unbranched alkanes of at least 4 members (excludes halogenated alkanes) is 1. The number of hydrogen-bond donors (Lipinski definition) is 0. The van der Waals surface area contributed by atoms with E-state index < -0.39 is 0 Å². The van der Waals surface area contributed by atoms with Crippen molar-refractivity contribution in [1.29, 1.82) is 0 Å². The van der Waals surface area contributed by atoms with E-state index in [9.17, 15) is 0 Å². The topological polar surface area (TPSA) is 46.2 Å². The summed E-state index contributed by atoms with van der Waals surface area (Å²) in [7, 11) is 1.66. The SMILES string of the molecule is CCCCC(CC)COCCOCCOCCOCCOC. The number of ether oxygens (including phenoxy) is 5. The molecule has 5 heteroatoms. The Labute approximate surface area is 136 Å². The molecule has 0 saturated carbocycles. The molecule has 0 saturated heterocycles. The summed E-state index contributed by atoms with van der Waals surface area (Å²) in [5.41, 5.74) is 0. The maximum Gasteiger partial charge on any atom is 0.0701 e. The van der Waals surface area contributed by atoms with Crippen molar-refractivity contribution in [2.45, 2.75) is 39.5 Å². The van der Waals surface area contributed by atoms with Crippen LogP contribution < -0.4 is 0 Å². The average Bonchev–Trinajstić information content (AvgIpc) is 2.54. The molecule has 0 bridgehead atoms. The molecule has 1 atom stereocenters. The summed E-state index contributed by atoms with van der Waals surface area (Å²) in [6, 6.07) is 0. The first kappa shape index (κ1) is 21.8. The smallest absolute Gasteiger partial charge is 0.0701 e. The zero-order chi connectivity index (χ0) is 16.3. The molecule has 0 fully saturated rings. The summed E-state index contributed by atoms with van der Waals surface area (Å²) in [6.45, 7) is 10.3. The molecule has 0 N–H and O–H groups in total. The highest BCUT2D eigenvalue weighted by molar-refractivity contribution is 4.55.